The smallest absolute Gasteiger partial charge is 0.141 e. The van der Waals surface area contributed by atoms with Crippen LogP contribution in [-0.2, 0) is 6.61 Å². The van der Waals surface area contributed by atoms with Crippen LogP contribution in [0.3, 0.4) is 0 Å². The summed E-state index contributed by atoms with van der Waals surface area (Å²) in [5.41, 5.74) is 8.92. The first-order valence-electron chi connectivity index (χ1n) is 6.68. The van der Waals surface area contributed by atoms with Gasteiger partial charge in [-0.2, -0.15) is 0 Å². The molecule has 4 nitrogen and oxygen atoms in total. The van der Waals surface area contributed by atoms with Crippen LogP contribution in [0.4, 0.5) is 0 Å². The van der Waals surface area contributed by atoms with E-state index in [4.69, 9.17) is 5.73 Å². The van der Waals surface area contributed by atoms with E-state index in [9.17, 15) is 5.11 Å². The molecule has 1 atom stereocenters. The number of aliphatic hydroxyl groups excluding tert-OH is 1. The van der Waals surface area contributed by atoms with E-state index in [-0.39, 0.29) is 12.8 Å². The van der Waals surface area contributed by atoms with Crippen LogP contribution in [0.25, 0.3) is 11.4 Å². The van der Waals surface area contributed by atoms with Crippen LogP contribution in [0, 0.1) is 6.92 Å². The number of aryl methyl sites for hydroxylation is 1. The second kappa shape index (κ2) is 5.99. The number of aromatic nitrogens is 2. The van der Waals surface area contributed by atoms with Crippen molar-refractivity contribution in [1.29, 1.82) is 0 Å². The summed E-state index contributed by atoms with van der Waals surface area (Å²) in [5, 5.41) is 9.56. The van der Waals surface area contributed by atoms with Gasteiger partial charge in [0.1, 0.15) is 5.82 Å². The summed E-state index contributed by atoms with van der Waals surface area (Å²) < 4.78 is 1.97. The third-order valence-corrected chi connectivity index (χ3v) is 3.31. The van der Waals surface area contributed by atoms with Gasteiger partial charge in [-0.1, -0.05) is 43.7 Å². The van der Waals surface area contributed by atoms with Gasteiger partial charge in [0.2, 0.25) is 0 Å². The minimum Gasteiger partial charge on any atom is -0.390 e. The molecule has 0 saturated heterocycles. The van der Waals surface area contributed by atoms with Gasteiger partial charge >= 0.3 is 0 Å². The van der Waals surface area contributed by atoms with E-state index in [0.717, 1.165) is 35.6 Å². The molecule has 2 aromatic rings. The molecule has 0 spiro atoms. The number of aliphatic hydroxyl groups is 1. The SMILES string of the molecule is CCCC(N)n1c(-c2ccccc2)nc(C)c1CO. The predicted molar refractivity (Wildman–Crippen MR) is 76.5 cm³/mol. The molecule has 0 aliphatic heterocycles. The van der Waals surface area contributed by atoms with E-state index in [2.05, 4.69) is 11.9 Å². The third-order valence-electron chi connectivity index (χ3n) is 3.31. The molecule has 0 aliphatic carbocycles. The van der Waals surface area contributed by atoms with Crippen molar-refractivity contribution in [2.24, 2.45) is 5.73 Å². The number of hydrogen-bond acceptors (Lipinski definition) is 3. The zero-order chi connectivity index (χ0) is 13.8. The molecule has 0 amide bonds. The van der Waals surface area contributed by atoms with Crippen molar-refractivity contribution in [2.75, 3.05) is 0 Å². The Morgan fingerprint density at radius 1 is 1.32 bits per heavy atom. The molecule has 4 heteroatoms. The van der Waals surface area contributed by atoms with Crippen molar-refractivity contribution in [3.63, 3.8) is 0 Å². The highest BCUT2D eigenvalue weighted by molar-refractivity contribution is 5.57. The number of benzene rings is 1. The Hall–Kier alpha value is -1.65. The standard InChI is InChI=1S/C15H21N3O/c1-3-7-14(16)18-13(10-19)11(2)17-15(18)12-8-5-4-6-9-12/h4-6,8-9,14,19H,3,7,10,16H2,1-2H3. The van der Waals surface area contributed by atoms with Gasteiger partial charge in [0.05, 0.1) is 24.2 Å². The monoisotopic (exact) mass is 259 g/mol. The minimum absolute atomic E-state index is 0.0386. The molecule has 102 valence electrons. The molecule has 19 heavy (non-hydrogen) atoms. The Morgan fingerprint density at radius 3 is 2.58 bits per heavy atom. The van der Waals surface area contributed by atoms with Crippen LogP contribution in [0.5, 0.6) is 0 Å². The van der Waals surface area contributed by atoms with Gasteiger partial charge in [-0.15, -0.1) is 0 Å². The van der Waals surface area contributed by atoms with Gasteiger partial charge in [-0.3, -0.25) is 0 Å². The van der Waals surface area contributed by atoms with E-state index >= 15 is 0 Å². The Balaban J connectivity index is 2.55. The van der Waals surface area contributed by atoms with Gasteiger partial charge in [-0.25, -0.2) is 4.98 Å². The quantitative estimate of drug-likeness (QED) is 0.867. The van der Waals surface area contributed by atoms with Crippen molar-refractivity contribution >= 4 is 0 Å². The summed E-state index contributed by atoms with van der Waals surface area (Å²) in [5.74, 6) is 0.836. The van der Waals surface area contributed by atoms with Crippen molar-refractivity contribution in [2.45, 2.75) is 39.5 Å². The first-order valence-corrected chi connectivity index (χ1v) is 6.68. The van der Waals surface area contributed by atoms with E-state index in [1.807, 2.05) is 41.8 Å². The topological polar surface area (TPSA) is 64.1 Å². The van der Waals surface area contributed by atoms with Gasteiger partial charge < -0.3 is 15.4 Å². The second-order valence-corrected chi connectivity index (χ2v) is 4.72. The maximum atomic E-state index is 9.56. The average Bonchev–Trinajstić information content (AvgIpc) is 2.77. The Bertz CT molecular complexity index is 534. The summed E-state index contributed by atoms with van der Waals surface area (Å²) in [7, 11) is 0. The minimum atomic E-state index is -0.149. The summed E-state index contributed by atoms with van der Waals surface area (Å²) in [6.07, 6.45) is 1.71. The second-order valence-electron chi connectivity index (χ2n) is 4.72. The summed E-state index contributed by atoms with van der Waals surface area (Å²) in [6.45, 7) is 3.97. The van der Waals surface area contributed by atoms with Gasteiger partial charge in [-0.05, 0) is 13.3 Å². The van der Waals surface area contributed by atoms with Gasteiger partial charge in [0, 0.05) is 5.56 Å². The molecule has 0 fully saturated rings. The molecule has 0 radical (unpaired) electrons. The Morgan fingerprint density at radius 2 is 2.00 bits per heavy atom. The van der Waals surface area contributed by atoms with Crippen LogP contribution >= 0.6 is 0 Å². The van der Waals surface area contributed by atoms with Gasteiger partial charge in [0.15, 0.2) is 0 Å². The van der Waals surface area contributed by atoms with Crippen molar-refractivity contribution in [3.05, 3.63) is 41.7 Å². The number of rotatable bonds is 5. The molecule has 0 aliphatic rings. The summed E-state index contributed by atoms with van der Waals surface area (Å²) in [6, 6.07) is 9.96. The first kappa shape index (κ1) is 13.8. The lowest BCUT2D eigenvalue weighted by molar-refractivity contribution is 0.264. The van der Waals surface area contributed by atoms with E-state index in [1.54, 1.807) is 0 Å². The lowest BCUT2D eigenvalue weighted by atomic mass is 10.2. The summed E-state index contributed by atoms with van der Waals surface area (Å²) in [4.78, 5) is 4.58. The lowest BCUT2D eigenvalue weighted by Crippen LogP contribution is -2.21. The lowest BCUT2D eigenvalue weighted by Gasteiger charge is -2.18. The molecule has 1 aromatic heterocycles. The molecule has 0 bridgehead atoms. The Kier molecular flexibility index (Phi) is 4.35. The zero-order valence-electron chi connectivity index (χ0n) is 11.5. The fourth-order valence-corrected chi connectivity index (χ4v) is 2.34. The maximum absolute atomic E-state index is 9.56. The Labute approximate surface area is 113 Å². The fraction of sp³-hybridized carbons (Fsp3) is 0.400. The molecule has 1 heterocycles. The molecule has 0 saturated carbocycles. The van der Waals surface area contributed by atoms with Crippen LogP contribution in [0.2, 0.25) is 0 Å². The van der Waals surface area contributed by atoms with E-state index < -0.39 is 0 Å². The first-order chi connectivity index (χ1) is 9.19. The largest absolute Gasteiger partial charge is 0.390 e. The molecule has 2 rings (SSSR count). The van der Waals surface area contributed by atoms with Crippen LogP contribution in [-0.4, -0.2) is 14.7 Å². The normalized spacial score (nSPS) is 12.6. The fourth-order valence-electron chi connectivity index (χ4n) is 2.34. The zero-order valence-corrected chi connectivity index (χ0v) is 11.5. The number of nitrogens with zero attached hydrogens (tertiary/aromatic N) is 2. The summed E-state index contributed by atoms with van der Waals surface area (Å²) >= 11 is 0. The number of nitrogens with two attached hydrogens (primary N) is 1. The van der Waals surface area contributed by atoms with Crippen molar-refractivity contribution in [1.82, 2.24) is 9.55 Å². The molecule has 3 N–H and O–H groups in total. The van der Waals surface area contributed by atoms with Crippen molar-refractivity contribution in [3.8, 4) is 11.4 Å². The highest BCUT2D eigenvalue weighted by atomic mass is 16.3. The van der Waals surface area contributed by atoms with E-state index in [1.165, 1.54) is 0 Å². The average molecular weight is 259 g/mol. The molecule has 1 aromatic carbocycles. The highest BCUT2D eigenvalue weighted by Gasteiger charge is 2.19. The third kappa shape index (κ3) is 2.69. The predicted octanol–water partition coefficient (Wildman–Crippen LogP) is 2.61. The maximum Gasteiger partial charge on any atom is 0.141 e. The van der Waals surface area contributed by atoms with E-state index in [0.29, 0.717) is 0 Å². The van der Waals surface area contributed by atoms with Gasteiger partial charge in [0.25, 0.3) is 0 Å². The van der Waals surface area contributed by atoms with Crippen LogP contribution in [0.15, 0.2) is 30.3 Å². The molecule has 1 unspecified atom stereocenters. The number of imidazole rings is 1. The van der Waals surface area contributed by atoms with Crippen molar-refractivity contribution < 1.29 is 5.11 Å². The highest BCUT2D eigenvalue weighted by Crippen LogP contribution is 2.26. The number of hydrogen-bond donors (Lipinski definition) is 2. The molecular formula is C15H21N3O. The van der Waals surface area contributed by atoms with Crippen LogP contribution < -0.4 is 5.73 Å². The molecular weight excluding hydrogens is 238 g/mol. The van der Waals surface area contributed by atoms with Crippen LogP contribution in [0.1, 0.15) is 37.3 Å².